The van der Waals surface area contributed by atoms with Gasteiger partial charge in [-0.15, -0.1) is 11.3 Å². The molecule has 0 aliphatic carbocycles. The van der Waals surface area contributed by atoms with Crippen molar-refractivity contribution in [2.75, 3.05) is 14.2 Å². The summed E-state index contributed by atoms with van der Waals surface area (Å²) < 4.78 is 20.8. The number of esters is 1. The van der Waals surface area contributed by atoms with Crippen LogP contribution in [-0.2, 0) is 16.1 Å². The molecule has 0 fully saturated rings. The summed E-state index contributed by atoms with van der Waals surface area (Å²) in [4.78, 5) is 30.5. The number of aromatic nitrogens is 2. The molecule has 0 unspecified atom stereocenters. The van der Waals surface area contributed by atoms with Gasteiger partial charge in [0.05, 0.1) is 20.6 Å². The first kappa shape index (κ1) is 21.5. The van der Waals surface area contributed by atoms with Crippen LogP contribution >= 0.6 is 11.3 Å². The molecule has 0 atom stereocenters. The van der Waals surface area contributed by atoms with Crippen LogP contribution in [0.25, 0.3) is 11.4 Å². The lowest BCUT2D eigenvalue weighted by atomic mass is 10.1. The topological polar surface area (TPSA) is 101 Å². The van der Waals surface area contributed by atoms with Gasteiger partial charge in [-0.25, -0.2) is 0 Å². The maximum Gasteiger partial charge on any atom is 0.306 e. The number of carbonyl (C=O) groups excluding carboxylic acids is 2. The second-order valence-corrected chi connectivity index (χ2v) is 7.95. The quantitative estimate of drug-likeness (QED) is 0.369. The van der Waals surface area contributed by atoms with E-state index in [0.717, 1.165) is 9.75 Å². The number of Topliss-reactive ketones (excluding diaryl/α,β-unsaturated/α-hetero) is 1. The van der Waals surface area contributed by atoms with E-state index in [2.05, 4.69) is 10.1 Å². The molecule has 3 rings (SSSR count). The van der Waals surface area contributed by atoms with Crippen molar-refractivity contribution < 1.29 is 28.3 Å². The minimum Gasteiger partial charge on any atom is -0.493 e. The molecule has 0 spiro atoms. The molecule has 2 heterocycles. The van der Waals surface area contributed by atoms with Crippen LogP contribution in [0.4, 0.5) is 0 Å². The van der Waals surface area contributed by atoms with Crippen molar-refractivity contribution in [2.45, 2.75) is 33.3 Å². The summed E-state index contributed by atoms with van der Waals surface area (Å²) in [6.45, 7) is 3.68. The highest BCUT2D eigenvalue weighted by Crippen LogP contribution is 2.31. The maximum atomic E-state index is 12.3. The van der Waals surface area contributed by atoms with Gasteiger partial charge in [0.1, 0.15) is 0 Å². The molecule has 0 saturated carbocycles. The van der Waals surface area contributed by atoms with E-state index in [-0.39, 0.29) is 31.1 Å². The molecule has 158 valence electrons. The molecular weight excluding hydrogens is 408 g/mol. The molecule has 1 aromatic carbocycles. The Kier molecular flexibility index (Phi) is 6.83. The van der Waals surface area contributed by atoms with E-state index in [1.165, 1.54) is 7.11 Å². The highest BCUT2D eigenvalue weighted by molar-refractivity contribution is 7.12. The van der Waals surface area contributed by atoms with Crippen molar-refractivity contribution in [1.82, 2.24) is 10.1 Å². The van der Waals surface area contributed by atoms with Crippen LogP contribution in [-0.4, -0.2) is 36.1 Å². The van der Waals surface area contributed by atoms with Crippen molar-refractivity contribution >= 4 is 23.1 Å². The van der Waals surface area contributed by atoms with Crippen LogP contribution in [0.2, 0.25) is 0 Å². The Hall–Kier alpha value is -3.20. The minimum absolute atomic E-state index is 0.0101. The molecule has 0 N–H and O–H groups in total. The molecule has 0 aliphatic heterocycles. The first-order chi connectivity index (χ1) is 14.4. The van der Waals surface area contributed by atoms with Crippen LogP contribution in [0.3, 0.4) is 0 Å². The number of benzene rings is 1. The number of rotatable bonds is 9. The zero-order valence-electron chi connectivity index (χ0n) is 17.2. The average Bonchev–Trinajstić information content (AvgIpc) is 3.35. The Labute approximate surface area is 177 Å². The highest BCUT2D eigenvalue weighted by atomic mass is 32.1. The summed E-state index contributed by atoms with van der Waals surface area (Å²) in [6.07, 6.45) is 0.0837. The van der Waals surface area contributed by atoms with Crippen LogP contribution in [0.5, 0.6) is 11.5 Å². The summed E-state index contributed by atoms with van der Waals surface area (Å²) in [6, 6.07) is 7.07. The second-order valence-electron chi connectivity index (χ2n) is 6.49. The molecule has 30 heavy (non-hydrogen) atoms. The summed E-state index contributed by atoms with van der Waals surface area (Å²) in [5.74, 6) is 1.04. The maximum absolute atomic E-state index is 12.3. The first-order valence-corrected chi connectivity index (χ1v) is 10.0. The van der Waals surface area contributed by atoms with Gasteiger partial charge in [-0.1, -0.05) is 5.16 Å². The fourth-order valence-corrected chi connectivity index (χ4v) is 3.82. The van der Waals surface area contributed by atoms with E-state index in [1.807, 2.05) is 19.9 Å². The molecule has 0 amide bonds. The van der Waals surface area contributed by atoms with E-state index >= 15 is 0 Å². The third-order valence-corrected chi connectivity index (χ3v) is 5.33. The molecule has 0 bridgehead atoms. The van der Waals surface area contributed by atoms with E-state index < -0.39 is 5.97 Å². The lowest BCUT2D eigenvalue weighted by Gasteiger charge is -2.07. The largest absolute Gasteiger partial charge is 0.493 e. The van der Waals surface area contributed by atoms with E-state index in [0.29, 0.717) is 28.5 Å². The number of thiophene rings is 1. The van der Waals surface area contributed by atoms with E-state index in [9.17, 15) is 9.59 Å². The van der Waals surface area contributed by atoms with E-state index in [1.54, 1.807) is 36.6 Å². The van der Waals surface area contributed by atoms with Gasteiger partial charge in [0, 0.05) is 27.3 Å². The average molecular weight is 430 g/mol. The summed E-state index contributed by atoms with van der Waals surface area (Å²) >= 11 is 1.56. The van der Waals surface area contributed by atoms with Crippen LogP contribution in [0.1, 0.15) is 38.8 Å². The monoisotopic (exact) mass is 430 g/mol. The van der Waals surface area contributed by atoms with Gasteiger partial charge in [-0.2, -0.15) is 4.98 Å². The predicted molar refractivity (Wildman–Crippen MR) is 110 cm³/mol. The summed E-state index contributed by atoms with van der Waals surface area (Å²) in [5.41, 5.74) is 1.34. The molecule has 8 nitrogen and oxygen atoms in total. The van der Waals surface area contributed by atoms with Crippen LogP contribution in [0, 0.1) is 13.8 Å². The van der Waals surface area contributed by atoms with Crippen molar-refractivity contribution in [3.63, 3.8) is 0 Å². The zero-order chi connectivity index (χ0) is 21.7. The fraction of sp³-hybridized carbons (Fsp3) is 0.333. The molecule has 2 aromatic heterocycles. The lowest BCUT2D eigenvalue weighted by molar-refractivity contribution is -0.145. The third kappa shape index (κ3) is 5.04. The van der Waals surface area contributed by atoms with Gasteiger partial charge in [-0.3, -0.25) is 9.59 Å². The molecule has 0 aliphatic rings. The predicted octanol–water partition coefficient (Wildman–Crippen LogP) is 4.14. The first-order valence-electron chi connectivity index (χ1n) is 9.22. The Morgan fingerprint density at radius 2 is 1.83 bits per heavy atom. The van der Waals surface area contributed by atoms with Gasteiger partial charge in [-0.05, 0) is 38.1 Å². The van der Waals surface area contributed by atoms with Crippen LogP contribution in [0.15, 0.2) is 28.8 Å². The number of ether oxygens (including phenoxy) is 3. The lowest BCUT2D eigenvalue weighted by Crippen LogP contribution is -2.08. The molecule has 9 heteroatoms. The van der Waals surface area contributed by atoms with E-state index in [4.69, 9.17) is 18.7 Å². The Balaban J connectivity index is 1.53. The van der Waals surface area contributed by atoms with Gasteiger partial charge in [0.25, 0.3) is 5.89 Å². The van der Waals surface area contributed by atoms with Gasteiger partial charge < -0.3 is 18.7 Å². The zero-order valence-corrected chi connectivity index (χ0v) is 18.0. The number of carbonyl (C=O) groups is 2. The second kappa shape index (κ2) is 9.53. The molecule has 0 saturated heterocycles. The standard InChI is InChI=1S/C21H22N2O6S/c1-12-9-15(13(2)30-12)16(24)6-8-20(25)28-11-19-22-21(23-29-19)14-5-7-17(26-3)18(10-14)27-4/h5,7,9-10H,6,8,11H2,1-4H3. The summed E-state index contributed by atoms with van der Waals surface area (Å²) in [7, 11) is 3.09. The fourth-order valence-electron chi connectivity index (χ4n) is 2.88. The van der Waals surface area contributed by atoms with Crippen molar-refractivity contribution in [3.8, 4) is 22.9 Å². The normalized spacial score (nSPS) is 10.7. The number of methoxy groups -OCH3 is 2. The highest BCUT2D eigenvalue weighted by Gasteiger charge is 2.16. The number of hydrogen-bond donors (Lipinski definition) is 0. The van der Waals surface area contributed by atoms with Crippen molar-refractivity contribution in [2.24, 2.45) is 0 Å². The number of ketones is 1. The Morgan fingerprint density at radius 3 is 2.50 bits per heavy atom. The number of nitrogens with zero attached hydrogens (tertiary/aromatic N) is 2. The number of hydrogen-bond acceptors (Lipinski definition) is 9. The van der Waals surface area contributed by atoms with Crippen molar-refractivity contribution in [1.29, 1.82) is 0 Å². The Morgan fingerprint density at radius 1 is 1.07 bits per heavy atom. The molecule has 0 radical (unpaired) electrons. The third-order valence-electron chi connectivity index (χ3n) is 4.36. The van der Waals surface area contributed by atoms with Crippen LogP contribution < -0.4 is 9.47 Å². The van der Waals surface area contributed by atoms with Crippen molar-refractivity contribution in [3.05, 3.63) is 45.5 Å². The molecular formula is C21H22N2O6S. The minimum atomic E-state index is -0.501. The summed E-state index contributed by atoms with van der Waals surface area (Å²) in [5, 5.41) is 3.89. The van der Waals surface area contributed by atoms with Gasteiger partial charge in [0.15, 0.2) is 23.9 Å². The Bertz CT molecular complexity index is 1060. The smallest absolute Gasteiger partial charge is 0.306 e. The van der Waals surface area contributed by atoms with Gasteiger partial charge >= 0.3 is 5.97 Å². The SMILES string of the molecule is COc1ccc(-c2noc(COC(=O)CCC(=O)c3cc(C)sc3C)n2)cc1OC. The number of aryl methyl sites for hydroxylation is 2. The molecule has 3 aromatic rings. The van der Waals surface area contributed by atoms with Gasteiger partial charge in [0.2, 0.25) is 5.82 Å².